The third-order valence-corrected chi connectivity index (χ3v) is 4.97. The summed E-state index contributed by atoms with van der Waals surface area (Å²) in [6, 6.07) is 4.56. The van der Waals surface area contributed by atoms with Crippen LogP contribution in [0.4, 0.5) is 8.78 Å². The lowest BCUT2D eigenvalue weighted by Gasteiger charge is -2.30. The minimum absolute atomic E-state index is 0.0360. The molecule has 1 aliphatic heterocycles. The van der Waals surface area contributed by atoms with E-state index in [-0.39, 0.29) is 11.5 Å². The van der Waals surface area contributed by atoms with Crippen molar-refractivity contribution >= 4 is 0 Å². The molecule has 3 rings (SSSR count). The molecule has 0 radical (unpaired) electrons. The third-order valence-electron chi connectivity index (χ3n) is 4.97. The van der Waals surface area contributed by atoms with E-state index in [1.54, 1.807) is 12.1 Å². The molecule has 0 atom stereocenters. The van der Waals surface area contributed by atoms with Crippen LogP contribution in [0.15, 0.2) is 22.7 Å². The number of hydrogen-bond acceptors (Lipinski definition) is 7. The van der Waals surface area contributed by atoms with Gasteiger partial charge in [0.1, 0.15) is 0 Å². The highest BCUT2D eigenvalue weighted by Gasteiger charge is 2.21. The summed E-state index contributed by atoms with van der Waals surface area (Å²) in [7, 11) is 3.37. The smallest absolute Gasteiger partial charge is 0.387 e. The lowest BCUT2D eigenvalue weighted by atomic mass is 9.93. The van der Waals surface area contributed by atoms with Crippen LogP contribution in [-0.4, -0.2) is 55.4 Å². The van der Waals surface area contributed by atoms with Crippen molar-refractivity contribution in [3.63, 3.8) is 0 Å². The number of hydrogen-bond donors (Lipinski definition) is 1. The Kier molecular flexibility index (Phi) is 7.16. The van der Waals surface area contributed by atoms with Crippen LogP contribution < -0.4 is 14.8 Å². The van der Waals surface area contributed by atoms with Gasteiger partial charge in [-0.25, -0.2) is 0 Å². The van der Waals surface area contributed by atoms with Crippen molar-refractivity contribution in [1.82, 2.24) is 20.4 Å². The molecule has 1 aromatic heterocycles. The van der Waals surface area contributed by atoms with E-state index in [1.807, 2.05) is 7.05 Å². The highest BCUT2D eigenvalue weighted by molar-refractivity contribution is 5.60. The topological polar surface area (TPSA) is 72.7 Å². The highest BCUT2D eigenvalue weighted by atomic mass is 19.3. The molecule has 28 heavy (non-hydrogen) atoms. The SMILES string of the molecule is CNCCC1CCN(Cc2nc(-c3ccc(OC(F)F)c(OC)c3)no2)CC1. The average molecular weight is 396 g/mol. The second-order valence-electron chi connectivity index (χ2n) is 6.87. The fourth-order valence-electron chi connectivity index (χ4n) is 3.41. The Morgan fingerprint density at radius 1 is 1.29 bits per heavy atom. The molecule has 2 heterocycles. The minimum Gasteiger partial charge on any atom is -0.493 e. The molecule has 0 aliphatic carbocycles. The number of alkyl halides is 2. The van der Waals surface area contributed by atoms with Gasteiger partial charge in [0.05, 0.1) is 13.7 Å². The lowest BCUT2D eigenvalue weighted by molar-refractivity contribution is -0.0512. The fourth-order valence-corrected chi connectivity index (χ4v) is 3.41. The number of halogens is 2. The number of likely N-dealkylation sites (tertiary alicyclic amines) is 1. The van der Waals surface area contributed by atoms with E-state index in [0.717, 1.165) is 25.6 Å². The molecular weight excluding hydrogens is 370 g/mol. The predicted molar refractivity (Wildman–Crippen MR) is 99.5 cm³/mol. The van der Waals surface area contributed by atoms with E-state index in [1.165, 1.54) is 32.4 Å². The fraction of sp³-hybridized carbons (Fsp3) is 0.579. The zero-order chi connectivity index (χ0) is 19.9. The second-order valence-corrected chi connectivity index (χ2v) is 6.87. The van der Waals surface area contributed by atoms with E-state index >= 15 is 0 Å². The molecular formula is C19H26F2N4O3. The first-order valence-corrected chi connectivity index (χ1v) is 9.41. The van der Waals surface area contributed by atoms with Crippen LogP contribution in [0.25, 0.3) is 11.4 Å². The van der Waals surface area contributed by atoms with Gasteiger partial charge in [0.15, 0.2) is 11.5 Å². The van der Waals surface area contributed by atoms with Gasteiger partial charge in [0, 0.05) is 5.56 Å². The van der Waals surface area contributed by atoms with E-state index in [2.05, 4.69) is 25.1 Å². The Hall–Kier alpha value is -2.26. The van der Waals surface area contributed by atoms with Crippen LogP contribution in [0.3, 0.4) is 0 Å². The maximum atomic E-state index is 12.4. The van der Waals surface area contributed by atoms with Crippen LogP contribution in [0.5, 0.6) is 11.5 Å². The van der Waals surface area contributed by atoms with Gasteiger partial charge in [-0.2, -0.15) is 13.8 Å². The highest BCUT2D eigenvalue weighted by Crippen LogP contribution is 2.32. The standard InChI is InChI=1S/C19H26F2N4O3/c1-22-8-5-13-6-9-25(10-7-13)12-17-23-18(24-28-17)14-3-4-15(27-19(20)21)16(11-14)26-2/h3-4,11,13,19,22H,5-10,12H2,1-2H3. The van der Waals surface area contributed by atoms with Crippen molar-refractivity contribution in [2.75, 3.05) is 33.8 Å². The molecule has 7 nitrogen and oxygen atoms in total. The van der Waals surface area contributed by atoms with Gasteiger partial charge in [-0.1, -0.05) is 5.16 Å². The van der Waals surface area contributed by atoms with Crippen molar-refractivity contribution in [1.29, 1.82) is 0 Å². The van der Waals surface area contributed by atoms with Gasteiger partial charge >= 0.3 is 6.61 Å². The number of piperidine rings is 1. The van der Waals surface area contributed by atoms with E-state index in [0.29, 0.717) is 23.8 Å². The molecule has 0 spiro atoms. The van der Waals surface area contributed by atoms with Gasteiger partial charge in [-0.15, -0.1) is 0 Å². The van der Waals surface area contributed by atoms with Crippen LogP contribution in [0.2, 0.25) is 0 Å². The maximum absolute atomic E-state index is 12.4. The second kappa shape index (κ2) is 9.79. The van der Waals surface area contributed by atoms with Crippen LogP contribution >= 0.6 is 0 Å². The first-order chi connectivity index (χ1) is 13.6. The van der Waals surface area contributed by atoms with Gasteiger partial charge < -0.3 is 19.3 Å². The number of nitrogens with one attached hydrogen (secondary N) is 1. The average Bonchev–Trinajstić information content (AvgIpc) is 3.16. The predicted octanol–water partition coefficient (Wildman–Crippen LogP) is 3.17. The molecule has 0 unspecified atom stereocenters. The summed E-state index contributed by atoms with van der Waals surface area (Å²) in [4.78, 5) is 6.75. The number of methoxy groups -OCH3 is 1. The Morgan fingerprint density at radius 3 is 2.75 bits per heavy atom. The van der Waals surface area contributed by atoms with E-state index in [9.17, 15) is 8.78 Å². The summed E-state index contributed by atoms with van der Waals surface area (Å²) in [5, 5.41) is 7.21. The summed E-state index contributed by atoms with van der Waals surface area (Å²) < 4.78 is 39.8. The maximum Gasteiger partial charge on any atom is 0.387 e. The summed E-state index contributed by atoms with van der Waals surface area (Å²) in [5.41, 5.74) is 0.610. The Bertz CT molecular complexity index is 749. The van der Waals surface area contributed by atoms with Crippen LogP contribution in [0, 0.1) is 5.92 Å². The summed E-state index contributed by atoms with van der Waals surface area (Å²) in [6.45, 7) is 0.774. The van der Waals surface area contributed by atoms with Gasteiger partial charge in [0.25, 0.3) is 0 Å². The first kappa shape index (κ1) is 20.5. The largest absolute Gasteiger partial charge is 0.493 e. The van der Waals surface area contributed by atoms with Crippen LogP contribution in [0.1, 0.15) is 25.2 Å². The zero-order valence-electron chi connectivity index (χ0n) is 16.2. The molecule has 1 aliphatic rings. The van der Waals surface area contributed by atoms with Crippen molar-refractivity contribution < 1.29 is 22.8 Å². The molecule has 0 saturated carbocycles. The number of nitrogens with zero attached hydrogens (tertiary/aromatic N) is 3. The Balaban J connectivity index is 1.60. The number of ether oxygens (including phenoxy) is 2. The van der Waals surface area contributed by atoms with Gasteiger partial charge in [0.2, 0.25) is 11.7 Å². The quantitative estimate of drug-likeness (QED) is 0.698. The molecule has 1 aromatic carbocycles. The van der Waals surface area contributed by atoms with Crippen molar-refractivity contribution in [3.05, 3.63) is 24.1 Å². The monoisotopic (exact) mass is 396 g/mol. The van der Waals surface area contributed by atoms with Gasteiger partial charge in [-0.3, -0.25) is 4.90 Å². The number of benzene rings is 1. The van der Waals surface area contributed by atoms with Gasteiger partial charge in [-0.05, 0) is 70.1 Å². The molecule has 1 fully saturated rings. The van der Waals surface area contributed by atoms with Crippen LogP contribution in [-0.2, 0) is 6.54 Å². The minimum atomic E-state index is -2.92. The Morgan fingerprint density at radius 2 is 2.07 bits per heavy atom. The number of aromatic nitrogens is 2. The molecule has 0 bridgehead atoms. The molecule has 9 heteroatoms. The Labute approximate surface area is 163 Å². The molecule has 1 N–H and O–H groups in total. The first-order valence-electron chi connectivity index (χ1n) is 9.41. The van der Waals surface area contributed by atoms with Crippen molar-refractivity contribution in [2.24, 2.45) is 5.92 Å². The normalized spacial score (nSPS) is 15.9. The lowest BCUT2D eigenvalue weighted by Crippen LogP contribution is -2.34. The van der Waals surface area contributed by atoms with E-state index in [4.69, 9.17) is 9.26 Å². The zero-order valence-corrected chi connectivity index (χ0v) is 16.2. The molecule has 154 valence electrons. The van der Waals surface area contributed by atoms with Crippen molar-refractivity contribution in [2.45, 2.75) is 32.4 Å². The number of rotatable bonds is 9. The molecule has 2 aromatic rings. The van der Waals surface area contributed by atoms with Crippen molar-refractivity contribution in [3.8, 4) is 22.9 Å². The van der Waals surface area contributed by atoms with E-state index < -0.39 is 6.61 Å². The third kappa shape index (κ3) is 5.39. The molecule has 1 saturated heterocycles. The molecule has 0 amide bonds. The summed E-state index contributed by atoms with van der Waals surface area (Å²) >= 11 is 0. The summed E-state index contributed by atoms with van der Waals surface area (Å²) in [6.07, 6.45) is 3.55. The summed E-state index contributed by atoms with van der Waals surface area (Å²) in [5.74, 6) is 1.85.